The van der Waals surface area contributed by atoms with Crippen molar-refractivity contribution in [1.82, 2.24) is 0 Å². The molecule has 1 aromatic rings. The first-order valence-electron chi connectivity index (χ1n) is 9.42. The molecule has 3 atom stereocenters. The molecule has 3 rings (SSSR count). The molecule has 0 bridgehead atoms. The highest BCUT2D eigenvalue weighted by Crippen LogP contribution is 2.13. The van der Waals surface area contributed by atoms with Gasteiger partial charge in [0.25, 0.3) is 0 Å². The summed E-state index contributed by atoms with van der Waals surface area (Å²) in [6.07, 6.45) is 5.58. The average Bonchev–Trinajstić information content (AvgIpc) is 2.53. The Morgan fingerprint density at radius 2 is 1.59 bits per heavy atom. The summed E-state index contributed by atoms with van der Waals surface area (Å²) in [7, 11) is 0. The second-order valence-corrected chi connectivity index (χ2v) is 8.02. The number of rotatable bonds is 4. The molecule has 2 saturated heterocycles. The number of benzene rings is 1. The van der Waals surface area contributed by atoms with Gasteiger partial charge in [-0.25, -0.2) is 0 Å². The summed E-state index contributed by atoms with van der Waals surface area (Å²) in [4.78, 5) is 3.76. The van der Waals surface area contributed by atoms with Crippen molar-refractivity contribution >= 4 is 0 Å². The van der Waals surface area contributed by atoms with Gasteiger partial charge in [-0.3, -0.25) is 0 Å². The molecule has 2 fully saturated rings. The third kappa shape index (κ3) is 4.33. The number of piperidine rings is 2. The van der Waals surface area contributed by atoms with Gasteiger partial charge in [-0.05, 0) is 12.0 Å². The van der Waals surface area contributed by atoms with Crippen LogP contribution in [0.1, 0.15) is 38.7 Å². The lowest BCUT2D eigenvalue weighted by atomic mass is 9.89. The highest BCUT2D eigenvalue weighted by atomic mass is 15.2. The van der Waals surface area contributed by atoms with Crippen LogP contribution in [0.3, 0.4) is 0 Å². The lowest BCUT2D eigenvalue weighted by Gasteiger charge is -2.39. The van der Waals surface area contributed by atoms with Crippen LogP contribution in [-0.2, 0) is 6.42 Å². The van der Waals surface area contributed by atoms with E-state index in [1.165, 1.54) is 64.0 Å². The molecule has 0 saturated carbocycles. The molecule has 2 aliphatic rings. The summed E-state index contributed by atoms with van der Waals surface area (Å²) < 4.78 is 0. The van der Waals surface area contributed by atoms with E-state index >= 15 is 0 Å². The van der Waals surface area contributed by atoms with Crippen molar-refractivity contribution in [3.05, 3.63) is 35.9 Å². The molecule has 1 aromatic carbocycles. The summed E-state index contributed by atoms with van der Waals surface area (Å²) in [6, 6.07) is 11.9. The molecule has 2 N–H and O–H groups in total. The Morgan fingerprint density at radius 3 is 2.23 bits per heavy atom. The molecule has 0 spiro atoms. The van der Waals surface area contributed by atoms with Crippen molar-refractivity contribution in [2.45, 2.75) is 45.6 Å². The van der Waals surface area contributed by atoms with Gasteiger partial charge in [-0.2, -0.15) is 0 Å². The van der Waals surface area contributed by atoms with Crippen LogP contribution >= 0.6 is 0 Å². The van der Waals surface area contributed by atoms with Gasteiger partial charge in [0.15, 0.2) is 0 Å². The predicted octanol–water partition coefficient (Wildman–Crippen LogP) is 0.837. The maximum atomic E-state index is 2.45. The van der Waals surface area contributed by atoms with Gasteiger partial charge in [-0.1, -0.05) is 44.2 Å². The monoisotopic (exact) mass is 302 g/mol. The number of likely N-dealkylation sites (tertiary alicyclic amines) is 2. The van der Waals surface area contributed by atoms with Crippen molar-refractivity contribution in [2.24, 2.45) is 11.8 Å². The van der Waals surface area contributed by atoms with E-state index in [4.69, 9.17) is 0 Å². The SMILES string of the molecule is C[C@@H]1C[C@H](C)C[NH+](C2CC[NH+](CCc3ccccc3)CC2)C1. The number of nitrogens with one attached hydrogen (secondary N) is 2. The molecule has 0 aliphatic carbocycles. The predicted molar refractivity (Wildman–Crippen MR) is 92.4 cm³/mol. The molecule has 2 aliphatic heterocycles. The van der Waals surface area contributed by atoms with Crippen LogP contribution in [0.15, 0.2) is 30.3 Å². The summed E-state index contributed by atoms with van der Waals surface area (Å²) in [5, 5.41) is 0. The number of quaternary nitrogens is 2. The lowest BCUT2D eigenvalue weighted by molar-refractivity contribution is -0.964. The van der Waals surface area contributed by atoms with E-state index in [-0.39, 0.29) is 0 Å². The maximum Gasteiger partial charge on any atom is 0.0983 e. The molecular formula is C20H34N2+2. The van der Waals surface area contributed by atoms with E-state index < -0.39 is 0 Å². The summed E-state index contributed by atoms with van der Waals surface area (Å²) in [5.41, 5.74) is 1.50. The topological polar surface area (TPSA) is 8.88 Å². The molecule has 2 heteroatoms. The van der Waals surface area contributed by atoms with Gasteiger partial charge in [0.05, 0.1) is 38.8 Å². The quantitative estimate of drug-likeness (QED) is 0.815. The van der Waals surface area contributed by atoms with Gasteiger partial charge in [0.2, 0.25) is 0 Å². The van der Waals surface area contributed by atoms with Crippen molar-refractivity contribution in [3.8, 4) is 0 Å². The van der Waals surface area contributed by atoms with Crippen molar-refractivity contribution in [1.29, 1.82) is 0 Å². The molecule has 1 unspecified atom stereocenters. The van der Waals surface area contributed by atoms with E-state index in [0.29, 0.717) is 0 Å². The summed E-state index contributed by atoms with van der Waals surface area (Å²) in [5.74, 6) is 1.87. The highest BCUT2D eigenvalue weighted by molar-refractivity contribution is 5.14. The molecule has 0 amide bonds. The van der Waals surface area contributed by atoms with Crippen LogP contribution < -0.4 is 9.80 Å². The van der Waals surface area contributed by atoms with E-state index in [1.54, 1.807) is 0 Å². The minimum atomic E-state index is 0.933. The Balaban J connectivity index is 1.42. The van der Waals surface area contributed by atoms with Crippen LogP contribution in [0.25, 0.3) is 0 Å². The number of hydrogen-bond donors (Lipinski definition) is 2. The lowest BCUT2D eigenvalue weighted by Crippen LogP contribution is -3.21. The fourth-order valence-electron chi connectivity index (χ4n) is 4.82. The van der Waals surface area contributed by atoms with Crippen LogP contribution in [-0.4, -0.2) is 38.8 Å². The Bertz CT molecular complexity index is 426. The van der Waals surface area contributed by atoms with Crippen molar-refractivity contribution < 1.29 is 9.80 Å². The minimum Gasteiger partial charge on any atom is -0.334 e. The van der Waals surface area contributed by atoms with Gasteiger partial charge in [-0.15, -0.1) is 0 Å². The molecule has 0 aromatic heterocycles. The Hall–Kier alpha value is -0.860. The molecule has 2 nitrogen and oxygen atoms in total. The van der Waals surface area contributed by atoms with E-state index in [1.807, 2.05) is 9.80 Å². The van der Waals surface area contributed by atoms with Crippen LogP contribution in [0, 0.1) is 11.8 Å². The van der Waals surface area contributed by atoms with E-state index in [9.17, 15) is 0 Å². The first kappa shape index (κ1) is 16.0. The van der Waals surface area contributed by atoms with Gasteiger partial charge in [0, 0.05) is 31.1 Å². The zero-order chi connectivity index (χ0) is 15.4. The van der Waals surface area contributed by atoms with Gasteiger partial charge in [0.1, 0.15) is 0 Å². The normalized spacial score (nSPS) is 36.2. The second-order valence-electron chi connectivity index (χ2n) is 8.02. The first-order valence-corrected chi connectivity index (χ1v) is 9.42. The van der Waals surface area contributed by atoms with Crippen molar-refractivity contribution in [2.75, 3.05) is 32.7 Å². The Morgan fingerprint density at radius 1 is 0.955 bits per heavy atom. The smallest absolute Gasteiger partial charge is 0.0983 e. The number of hydrogen-bond acceptors (Lipinski definition) is 0. The first-order chi connectivity index (χ1) is 10.7. The van der Waals surface area contributed by atoms with Crippen LogP contribution in [0.4, 0.5) is 0 Å². The zero-order valence-electron chi connectivity index (χ0n) is 14.5. The molecule has 122 valence electrons. The fraction of sp³-hybridized carbons (Fsp3) is 0.700. The largest absolute Gasteiger partial charge is 0.334 e. The average molecular weight is 303 g/mol. The summed E-state index contributed by atoms with van der Waals surface area (Å²) >= 11 is 0. The minimum absolute atomic E-state index is 0.933. The van der Waals surface area contributed by atoms with Crippen LogP contribution in [0.5, 0.6) is 0 Å². The summed E-state index contributed by atoms with van der Waals surface area (Å²) in [6.45, 7) is 11.9. The van der Waals surface area contributed by atoms with Gasteiger partial charge < -0.3 is 9.80 Å². The maximum absolute atomic E-state index is 2.45. The molecule has 2 heterocycles. The zero-order valence-corrected chi connectivity index (χ0v) is 14.5. The standard InChI is InChI=1S/C20H32N2/c1-17-14-18(2)16-22(15-17)20-9-12-21(13-10-20)11-8-19-6-4-3-5-7-19/h3-7,17-18,20H,8-16H2,1-2H3/p+2/t17-,18+. The third-order valence-electron chi connectivity index (χ3n) is 5.91. The highest BCUT2D eigenvalue weighted by Gasteiger charge is 2.34. The fourth-order valence-corrected chi connectivity index (χ4v) is 4.82. The molecule has 0 radical (unpaired) electrons. The third-order valence-corrected chi connectivity index (χ3v) is 5.91. The van der Waals surface area contributed by atoms with Gasteiger partial charge >= 0.3 is 0 Å². The molecular weight excluding hydrogens is 268 g/mol. The van der Waals surface area contributed by atoms with E-state index in [0.717, 1.165) is 17.9 Å². The Labute approximate surface area is 136 Å². The van der Waals surface area contributed by atoms with E-state index in [2.05, 4.69) is 44.2 Å². The van der Waals surface area contributed by atoms with Crippen molar-refractivity contribution in [3.63, 3.8) is 0 Å². The molecule has 22 heavy (non-hydrogen) atoms. The Kier molecular flexibility index (Phi) is 5.54. The second kappa shape index (κ2) is 7.61. The van der Waals surface area contributed by atoms with Crippen LogP contribution in [0.2, 0.25) is 0 Å².